The largest absolute Gasteiger partial charge is 0.444 e. The van der Waals surface area contributed by atoms with Crippen LogP contribution in [0.3, 0.4) is 0 Å². The van der Waals surface area contributed by atoms with E-state index in [4.69, 9.17) is 4.74 Å². The molecule has 0 aromatic rings. The van der Waals surface area contributed by atoms with E-state index in [9.17, 15) is 15.0 Å². The zero-order valence-electron chi connectivity index (χ0n) is 15.8. The molecule has 1 amide bonds. The summed E-state index contributed by atoms with van der Waals surface area (Å²) < 4.78 is 5.31. The van der Waals surface area contributed by atoms with Gasteiger partial charge >= 0.3 is 6.09 Å². The summed E-state index contributed by atoms with van der Waals surface area (Å²) in [5.74, 6) is 0.269. The van der Waals surface area contributed by atoms with Crippen LogP contribution >= 0.6 is 0 Å². The molecule has 1 aliphatic carbocycles. The number of allylic oxidation sites excluding steroid dienone is 1. The molecule has 0 aromatic carbocycles. The number of amides is 1. The Hall–Kier alpha value is -1.07. The molecule has 0 unspecified atom stereocenters. The van der Waals surface area contributed by atoms with Crippen molar-refractivity contribution in [1.29, 1.82) is 0 Å². The first-order valence-corrected chi connectivity index (χ1v) is 9.12. The van der Waals surface area contributed by atoms with E-state index < -0.39 is 29.9 Å². The van der Waals surface area contributed by atoms with E-state index in [2.05, 4.69) is 11.4 Å². The third kappa shape index (κ3) is 8.15. The Morgan fingerprint density at radius 3 is 2.46 bits per heavy atom. The number of carbonyl (C=O) groups excluding carboxylic acids is 1. The summed E-state index contributed by atoms with van der Waals surface area (Å²) in [5.41, 5.74) is 0.637. The van der Waals surface area contributed by atoms with Crippen molar-refractivity contribution < 1.29 is 19.7 Å². The minimum atomic E-state index is -1.01. The molecule has 1 aliphatic rings. The van der Waals surface area contributed by atoms with Crippen molar-refractivity contribution in [2.45, 2.75) is 97.0 Å². The van der Waals surface area contributed by atoms with Crippen LogP contribution in [0.1, 0.15) is 73.1 Å². The first-order chi connectivity index (χ1) is 11.1. The van der Waals surface area contributed by atoms with Crippen LogP contribution in [0.2, 0.25) is 0 Å². The Morgan fingerprint density at radius 2 is 1.96 bits per heavy atom. The average molecular weight is 341 g/mol. The molecule has 0 fully saturated rings. The van der Waals surface area contributed by atoms with E-state index >= 15 is 0 Å². The van der Waals surface area contributed by atoms with E-state index in [1.54, 1.807) is 20.8 Å². The van der Waals surface area contributed by atoms with Gasteiger partial charge in [-0.1, -0.05) is 25.5 Å². The molecule has 5 heteroatoms. The van der Waals surface area contributed by atoms with Crippen molar-refractivity contribution in [2.75, 3.05) is 0 Å². The first kappa shape index (κ1) is 21.0. The SMILES string of the molecule is CC(C)C[C@H](O)[C@H](O)[C@H](CC1=CCCCC1)NC(=O)OC(C)(C)C. The third-order valence-electron chi connectivity index (χ3n) is 4.09. The van der Waals surface area contributed by atoms with Gasteiger partial charge in [0.1, 0.15) is 11.7 Å². The number of rotatable bonds is 7. The van der Waals surface area contributed by atoms with Gasteiger partial charge in [0.15, 0.2) is 0 Å². The summed E-state index contributed by atoms with van der Waals surface area (Å²) in [5, 5.41) is 23.6. The molecule has 5 nitrogen and oxygen atoms in total. The topological polar surface area (TPSA) is 78.8 Å². The zero-order chi connectivity index (χ0) is 18.3. The lowest BCUT2D eigenvalue weighted by Crippen LogP contribution is -2.50. The molecule has 0 spiro atoms. The van der Waals surface area contributed by atoms with Crippen molar-refractivity contribution >= 4 is 6.09 Å². The second-order valence-corrected chi connectivity index (χ2v) is 8.25. The predicted octanol–water partition coefficient (Wildman–Crippen LogP) is 3.54. The van der Waals surface area contributed by atoms with E-state index in [1.165, 1.54) is 12.0 Å². The fraction of sp³-hybridized carbons (Fsp3) is 0.842. The lowest BCUT2D eigenvalue weighted by Gasteiger charge is -2.31. The Kier molecular flexibility index (Phi) is 8.23. The van der Waals surface area contributed by atoms with Crippen molar-refractivity contribution in [2.24, 2.45) is 5.92 Å². The maximum atomic E-state index is 12.1. The van der Waals surface area contributed by atoms with Gasteiger partial charge < -0.3 is 20.3 Å². The molecule has 0 radical (unpaired) electrons. The number of aliphatic hydroxyl groups is 2. The number of aliphatic hydroxyl groups excluding tert-OH is 2. The van der Waals surface area contributed by atoms with Gasteiger partial charge in [0.05, 0.1) is 12.1 Å². The van der Waals surface area contributed by atoms with Gasteiger partial charge in [-0.25, -0.2) is 4.79 Å². The van der Waals surface area contributed by atoms with E-state index in [0.717, 1.165) is 19.3 Å². The molecule has 1 rings (SSSR count). The van der Waals surface area contributed by atoms with Gasteiger partial charge in [-0.2, -0.15) is 0 Å². The van der Waals surface area contributed by atoms with Crippen LogP contribution in [-0.2, 0) is 4.74 Å². The normalized spacial score (nSPS) is 19.4. The second kappa shape index (κ2) is 9.42. The molecule has 3 N–H and O–H groups in total. The molecule has 140 valence electrons. The lowest BCUT2D eigenvalue weighted by atomic mass is 9.89. The Morgan fingerprint density at radius 1 is 1.29 bits per heavy atom. The molecule has 3 atom stereocenters. The maximum Gasteiger partial charge on any atom is 0.407 e. The van der Waals surface area contributed by atoms with Crippen LogP contribution in [0, 0.1) is 5.92 Å². The number of alkyl carbamates (subject to hydrolysis) is 1. The molecule has 0 heterocycles. The monoisotopic (exact) mass is 341 g/mol. The standard InChI is InChI=1S/C19H35NO4/c1-13(2)11-16(21)17(22)15(12-14-9-7-6-8-10-14)20-18(23)24-19(3,4)5/h9,13,15-17,21-22H,6-8,10-12H2,1-5H3,(H,20,23)/t15-,16-,17+/m0/s1. The average Bonchev–Trinajstić information content (AvgIpc) is 2.44. The van der Waals surface area contributed by atoms with Gasteiger partial charge in [-0.3, -0.25) is 0 Å². The highest BCUT2D eigenvalue weighted by molar-refractivity contribution is 5.68. The molecule has 0 aromatic heterocycles. The first-order valence-electron chi connectivity index (χ1n) is 9.12. The number of nitrogens with one attached hydrogen (secondary N) is 1. The molecule has 0 aliphatic heterocycles. The van der Waals surface area contributed by atoms with Crippen LogP contribution in [0.4, 0.5) is 4.79 Å². The van der Waals surface area contributed by atoms with E-state index in [0.29, 0.717) is 12.8 Å². The highest BCUT2D eigenvalue weighted by atomic mass is 16.6. The van der Waals surface area contributed by atoms with Crippen LogP contribution in [0.5, 0.6) is 0 Å². The van der Waals surface area contributed by atoms with Gasteiger partial charge in [0, 0.05) is 0 Å². The number of hydrogen-bond donors (Lipinski definition) is 3. The molecule has 0 saturated heterocycles. The highest BCUT2D eigenvalue weighted by Crippen LogP contribution is 2.24. The molecule has 0 saturated carbocycles. The lowest BCUT2D eigenvalue weighted by molar-refractivity contribution is -0.0178. The predicted molar refractivity (Wildman–Crippen MR) is 95.8 cm³/mol. The number of ether oxygens (including phenoxy) is 1. The van der Waals surface area contributed by atoms with E-state index in [1.807, 2.05) is 13.8 Å². The fourth-order valence-corrected chi connectivity index (χ4v) is 2.98. The Labute approximate surface area is 146 Å². The summed E-state index contributed by atoms with van der Waals surface area (Å²) in [6.45, 7) is 9.39. The fourth-order valence-electron chi connectivity index (χ4n) is 2.98. The van der Waals surface area contributed by atoms with Crippen LogP contribution < -0.4 is 5.32 Å². The van der Waals surface area contributed by atoms with Crippen LogP contribution in [0.25, 0.3) is 0 Å². The summed E-state index contributed by atoms with van der Waals surface area (Å²) >= 11 is 0. The number of carbonyl (C=O) groups is 1. The van der Waals surface area contributed by atoms with Crippen molar-refractivity contribution in [3.63, 3.8) is 0 Å². The summed E-state index contributed by atoms with van der Waals surface area (Å²) in [6, 6.07) is -0.544. The summed E-state index contributed by atoms with van der Waals surface area (Å²) in [7, 11) is 0. The van der Waals surface area contributed by atoms with Crippen molar-refractivity contribution in [3.05, 3.63) is 11.6 Å². The van der Waals surface area contributed by atoms with Gasteiger partial charge in [-0.05, 0) is 65.2 Å². The molecule has 0 bridgehead atoms. The van der Waals surface area contributed by atoms with Gasteiger partial charge in [-0.15, -0.1) is 0 Å². The van der Waals surface area contributed by atoms with Gasteiger partial charge in [0.2, 0.25) is 0 Å². The summed E-state index contributed by atoms with van der Waals surface area (Å²) in [6.07, 6.45) is 5.15. The third-order valence-corrected chi connectivity index (χ3v) is 4.09. The molecular formula is C19H35NO4. The minimum absolute atomic E-state index is 0.269. The van der Waals surface area contributed by atoms with Gasteiger partial charge in [0.25, 0.3) is 0 Å². The smallest absolute Gasteiger partial charge is 0.407 e. The molecule has 24 heavy (non-hydrogen) atoms. The minimum Gasteiger partial charge on any atom is -0.444 e. The van der Waals surface area contributed by atoms with Crippen molar-refractivity contribution in [3.8, 4) is 0 Å². The van der Waals surface area contributed by atoms with Crippen LogP contribution in [-0.4, -0.2) is 40.2 Å². The van der Waals surface area contributed by atoms with E-state index in [-0.39, 0.29) is 5.92 Å². The highest BCUT2D eigenvalue weighted by Gasteiger charge is 2.30. The quantitative estimate of drug-likeness (QED) is 0.619. The zero-order valence-corrected chi connectivity index (χ0v) is 15.8. The summed E-state index contributed by atoms with van der Waals surface area (Å²) in [4.78, 5) is 12.1. The second-order valence-electron chi connectivity index (χ2n) is 8.25. The number of hydrogen-bond acceptors (Lipinski definition) is 4. The van der Waals surface area contributed by atoms with Crippen LogP contribution in [0.15, 0.2) is 11.6 Å². The van der Waals surface area contributed by atoms with Crippen molar-refractivity contribution in [1.82, 2.24) is 5.32 Å². The Balaban J connectivity index is 2.77. The maximum absolute atomic E-state index is 12.1. The Bertz CT molecular complexity index is 426. The molecular weight excluding hydrogens is 306 g/mol.